The van der Waals surface area contributed by atoms with E-state index in [0.29, 0.717) is 24.4 Å². The maximum absolute atomic E-state index is 12.1. The largest absolute Gasteiger partial charge is 0.328 e. The number of carbonyl (C=O) groups is 1. The first-order valence-electron chi connectivity index (χ1n) is 7.12. The molecule has 6 heteroatoms. The monoisotopic (exact) mass is 314 g/mol. The zero-order valence-electron chi connectivity index (χ0n) is 11.8. The molecule has 1 saturated carbocycles. The summed E-state index contributed by atoms with van der Waals surface area (Å²) in [5.74, 6) is -0.0215. The molecule has 1 heterocycles. The maximum atomic E-state index is 12.1. The Bertz CT molecular complexity index is 698. The quantitative estimate of drug-likeness (QED) is 0.659. The Labute approximate surface area is 133 Å². The van der Waals surface area contributed by atoms with Crippen LogP contribution in [0.4, 0.5) is 0 Å². The van der Waals surface area contributed by atoms with Gasteiger partial charge < -0.3 is 10.6 Å². The molecule has 3 rings (SSSR count). The molecule has 0 saturated heterocycles. The summed E-state index contributed by atoms with van der Waals surface area (Å²) >= 11 is 5.98. The van der Waals surface area contributed by atoms with Crippen molar-refractivity contribution >= 4 is 23.2 Å². The normalized spacial score (nSPS) is 22.9. The molecule has 5 nitrogen and oxygen atoms in total. The van der Waals surface area contributed by atoms with Crippen LogP contribution < -0.4 is 10.6 Å². The molecule has 0 aromatic heterocycles. The first kappa shape index (κ1) is 14.6. The van der Waals surface area contributed by atoms with Gasteiger partial charge in [-0.1, -0.05) is 23.7 Å². The highest BCUT2D eigenvalue weighted by Gasteiger charge is 2.34. The lowest BCUT2D eigenvalue weighted by Crippen LogP contribution is -2.46. The van der Waals surface area contributed by atoms with E-state index in [1.165, 1.54) is 0 Å². The molecule has 1 fully saturated rings. The fraction of sp³-hybridized carbons (Fsp3) is 0.312. The summed E-state index contributed by atoms with van der Waals surface area (Å²) in [6, 6.07) is 7.62. The maximum Gasteiger partial charge on any atom is 0.227 e. The van der Waals surface area contributed by atoms with E-state index in [-0.39, 0.29) is 17.9 Å². The Morgan fingerprint density at radius 1 is 1.41 bits per heavy atom. The lowest BCUT2D eigenvalue weighted by molar-refractivity contribution is -0.127. The summed E-state index contributed by atoms with van der Waals surface area (Å²) in [4.78, 5) is 16.5. The molecule has 0 bridgehead atoms. The molecule has 0 spiro atoms. The SMILES string of the molecule is N#CN[C@H]1C[C@H](C(=O)NC2=CC(c3cccc(Cl)c3)=NC2)C1. The molecule has 1 aromatic carbocycles. The van der Waals surface area contributed by atoms with Crippen LogP contribution in [0.25, 0.3) is 0 Å². The molecule has 1 aromatic rings. The third-order valence-corrected chi connectivity index (χ3v) is 4.15. The highest BCUT2D eigenvalue weighted by molar-refractivity contribution is 6.31. The molecule has 22 heavy (non-hydrogen) atoms. The lowest BCUT2D eigenvalue weighted by atomic mass is 9.79. The van der Waals surface area contributed by atoms with Gasteiger partial charge in [-0.2, -0.15) is 5.26 Å². The fourth-order valence-electron chi connectivity index (χ4n) is 2.63. The Balaban J connectivity index is 1.56. The number of hydrogen-bond acceptors (Lipinski definition) is 4. The van der Waals surface area contributed by atoms with Gasteiger partial charge in [-0.05, 0) is 31.1 Å². The number of nitriles is 1. The summed E-state index contributed by atoms with van der Waals surface area (Å²) < 4.78 is 0. The minimum absolute atomic E-state index is 0.00443. The molecule has 0 atom stereocenters. The van der Waals surface area contributed by atoms with Crippen molar-refractivity contribution in [3.8, 4) is 6.19 Å². The van der Waals surface area contributed by atoms with Crippen LogP contribution in [0.2, 0.25) is 5.02 Å². The molecule has 1 aliphatic carbocycles. The molecule has 1 amide bonds. The van der Waals surface area contributed by atoms with Gasteiger partial charge in [0, 0.05) is 28.2 Å². The van der Waals surface area contributed by atoms with Crippen molar-refractivity contribution in [3.05, 3.63) is 46.6 Å². The third-order valence-electron chi connectivity index (χ3n) is 3.91. The molecule has 0 radical (unpaired) electrons. The zero-order valence-corrected chi connectivity index (χ0v) is 12.6. The second kappa shape index (κ2) is 6.20. The highest BCUT2D eigenvalue weighted by atomic mass is 35.5. The first-order chi connectivity index (χ1) is 10.7. The number of aliphatic imine (C=N–C) groups is 1. The molecule has 2 aliphatic rings. The summed E-state index contributed by atoms with van der Waals surface area (Å²) in [5, 5.41) is 14.8. The minimum atomic E-state index is -0.0260. The summed E-state index contributed by atoms with van der Waals surface area (Å²) in [5.41, 5.74) is 2.57. The van der Waals surface area contributed by atoms with E-state index >= 15 is 0 Å². The van der Waals surface area contributed by atoms with Gasteiger partial charge >= 0.3 is 0 Å². The number of amides is 1. The van der Waals surface area contributed by atoms with Gasteiger partial charge in [0.2, 0.25) is 5.91 Å². The molecule has 1 aliphatic heterocycles. The summed E-state index contributed by atoms with van der Waals surface area (Å²) in [7, 11) is 0. The number of nitrogens with zero attached hydrogens (tertiary/aromatic N) is 2. The average Bonchev–Trinajstić information content (AvgIpc) is 2.90. The Hall–Kier alpha value is -2.32. The van der Waals surface area contributed by atoms with Gasteiger partial charge in [0.1, 0.15) is 0 Å². The fourth-order valence-corrected chi connectivity index (χ4v) is 2.82. The number of carbonyl (C=O) groups excluding carboxylic acids is 1. The van der Waals surface area contributed by atoms with Crippen LogP contribution in [-0.2, 0) is 4.79 Å². The van der Waals surface area contributed by atoms with Crippen molar-refractivity contribution in [2.75, 3.05) is 6.54 Å². The van der Waals surface area contributed by atoms with Gasteiger partial charge in [0.15, 0.2) is 6.19 Å². The lowest BCUT2D eigenvalue weighted by Gasteiger charge is -2.33. The highest BCUT2D eigenvalue weighted by Crippen LogP contribution is 2.27. The van der Waals surface area contributed by atoms with Crippen LogP contribution in [0.15, 0.2) is 41.0 Å². The van der Waals surface area contributed by atoms with Crippen molar-refractivity contribution in [2.24, 2.45) is 10.9 Å². The van der Waals surface area contributed by atoms with Crippen molar-refractivity contribution in [2.45, 2.75) is 18.9 Å². The van der Waals surface area contributed by atoms with Crippen molar-refractivity contribution in [3.63, 3.8) is 0 Å². The Kier molecular flexibility index (Phi) is 4.12. The molecule has 112 valence electrons. The van der Waals surface area contributed by atoms with E-state index < -0.39 is 0 Å². The predicted molar refractivity (Wildman–Crippen MR) is 84.3 cm³/mol. The zero-order chi connectivity index (χ0) is 15.5. The van der Waals surface area contributed by atoms with Crippen molar-refractivity contribution < 1.29 is 4.79 Å². The third kappa shape index (κ3) is 3.12. The molecule has 2 N–H and O–H groups in total. The molecule has 0 unspecified atom stereocenters. The summed E-state index contributed by atoms with van der Waals surface area (Å²) in [6.45, 7) is 0.472. The second-order valence-electron chi connectivity index (χ2n) is 5.49. The predicted octanol–water partition coefficient (Wildman–Crippen LogP) is 1.99. The Morgan fingerprint density at radius 3 is 2.95 bits per heavy atom. The van der Waals surface area contributed by atoms with Crippen LogP contribution in [0.3, 0.4) is 0 Å². The smallest absolute Gasteiger partial charge is 0.227 e. The molecular formula is C16H15ClN4O. The first-order valence-corrected chi connectivity index (χ1v) is 7.50. The van der Waals surface area contributed by atoms with Gasteiger partial charge in [0.05, 0.1) is 12.3 Å². The van der Waals surface area contributed by atoms with Crippen molar-refractivity contribution in [1.82, 2.24) is 10.6 Å². The van der Waals surface area contributed by atoms with Crippen LogP contribution in [0.5, 0.6) is 0 Å². The number of halogens is 1. The van der Waals surface area contributed by atoms with E-state index in [9.17, 15) is 4.79 Å². The topological polar surface area (TPSA) is 77.3 Å². The molecular weight excluding hydrogens is 300 g/mol. The van der Waals surface area contributed by atoms with Gasteiger partial charge in [-0.15, -0.1) is 0 Å². The summed E-state index contributed by atoms with van der Waals surface area (Å²) in [6.07, 6.45) is 5.20. The number of nitrogens with one attached hydrogen (secondary N) is 2. The van der Waals surface area contributed by atoms with Gasteiger partial charge in [-0.25, -0.2) is 0 Å². The number of benzene rings is 1. The van der Waals surface area contributed by atoms with E-state index in [4.69, 9.17) is 16.9 Å². The van der Waals surface area contributed by atoms with Crippen molar-refractivity contribution in [1.29, 1.82) is 5.26 Å². The standard InChI is InChI=1S/C16H15ClN4O/c17-12-3-1-2-10(4-12)15-7-14(8-19-15)21-16(22)11-5-13(6-11)20-9-18/h1-4,7,11,13,20H,5-6,8H2,(H,21,22)/t11-,13-. The van der Waals surface area contributed by atoms with Gasteiger partial charge in [0.25, 0.3) is 0 Å². The van der Waals surface area contributed by atoms with Gasteiger partial charge in [-0.3, -0.25) is 9.79 Å². The van der Waals surface area contributed by atoms with E-state index in [2.05, 4.69) is 15.6 Å². The number of allylic oxidation sites excluding steroid dienone is 1. The Morgan fingerprint density at radius 2 is 2.23 bits per heavy atom. The second-order valence-corrected chi connectivity index (χ2v) is 5.93. The van der Waals surface area contributed by atoms with Crippen LogP contribution in [-0.4, -0.2) is 24.2 Å². The van der Waals surface area contributed by atoms with E-state index in [1.807, 2.05) is 36.5 Å². The van der Waals surface area contributed by atoms with Crippen LogP contribution in [0, 0.1) is 17.4 Å². The average molecular weight is 315 g/mol. The van der Waals surface area contributed by atoms with E-state index in [0.717, 1.165) is 17.0 Å². The van der Waals surface area contributed by atoms with Crippen LogP contribution >= 0.6 is 11.6 Å². The number of rotatable bonds is 4. The van der Waals surface area contributed by atoms with E-state index in [1.54, 1.807) is 0 Å². The minimum Gasteiger partial charge on any atom is -0.328 e. The number of hydrogen-bond donors (Lipinski definition) is 2. The van der Waals surface area contributed by atoms with Crippen LogP contribution in [0.1, 0.15) is 18.4 Å².